The molecule has 1 atom stereocenters. The van der Waals surface area contributed by atoms with E-state index in [1.807, 2.05) is 6.92 Å². The Morgan fingerprint density at radius 3 is 2.60 bits per heavy atom. The summed E-state index contributed by atoms with van der Waals surface area (Å²) < 4.78 is 29.7. The van der Waals surface area contributed by atoms with Gasteiger partial charge >= 0.3 is 0 Å². The number of alkyl halides is 2. The summed E-state index contributed by atoms with van der Waals surface area (Å²) >= 11 is 0. The van der Waals surface area contributed by atoms with Crippen LogP contribution in [-0.2, 0) is 0 Å². The minimum atomic E-state index is -2.85. The van der Waals surface area contributed by atoms with Crippen molar-refractivity contribution < 1.29 is 13.5 Å². The summed E-state index contributed by atoms with van der Waals surface area (Å²) in [4.78, 5) is 3.87. The Hall–Kier alpha value is -1.23. The number of nitrogens with two attached hydrogens (primary N) is 1. The Morgan fingerprint density at radius 1 is 1.53 bits per heavy atom. The predicted molar refractivity (Wildman–Crippen MR) is 53.0 cm³/mol. The zero-order valence-corrected chi connectivity index (χ0v) is 8.71. The van der Waals surface area contributed by atoms with Gasteiger partial charge in [0.15, 0.2) is 6.61 Å². The van der Waals surface area contributed by atoms with Gasteiger partial charge in [-0.2, -0.15) is 0 Å². The van der Waals surface area contributed by atoms with Crippen LogP contribution >= 0.6 is 0 Å². The number of ether oxygens (including phenoxy) is 1. The molecule has 1 rings (SSSR count). The first-order chi connectivity index (χ1) is 6.88. The number of halogens is 2. The Bertz CT molecular complexity index is 306. The van der Waals surface area contributed by atoms with Crippen molar-refractivity contribution in [2.24, 2.45) is 5.73 Å². The number of rotatable bonds is 4. The van der Waals surface area contributed by atoms with E-state index in [0.29, 0.717) is 0 Å². The first kappa shape index (κ1) is 11.8. The molecule has 0 aliphatic carbocycles. The molecule has 1 aromatic rings. The second-order valence-electron chi connectivity index (χ2n) is 3.58. The van der Waals surface area contributed by atoms with Crippen LogP contribution in [0.3, 0.4) is 0 Å². The normalized spacial score (nSPS) is 13.7. The molecule has 0 saturated carbocycles. The summed E-state index contributed by atoms with van der Waals surface area (Å²) in [6.07, 6.45) is 1.52. The topological polar surface area (TPSA) is 48.1 Å². The highest BCUT2D eigenvalue weighted by molar-refractivity contribution is 5.19. The van der Waals surface area contributed by atoms with Gasteiger partial charge in [0.25, 0.3) is 5.92 Å². The third-order valence-electron chi connectivity index (χ3n) is 1.76. The zero-order chi connectivity index (χ0) is 11.5. The van der Waals surface area contributed by atoms with Gasteiger partial charge in [-0.25, -0.2) is 13.8 Å². The summed E-state index contributed by atoms with van der Waals surface area (Å²) in [7, 11) is 0. The van der Waals surface area contributed by atoms with Crippen molar-refractivity contribution in [2.45, 2.75) is 25.8 Å². The Labute approximate surface area is 87.3 Å². The van der Waals surface area contributed by atoms with Crippen LogP contribution in [0, 0.1) is 0 Å². The summed E-state index contributed by atoms with van der Waals surface area (Å²) in [5.74, 6) is -2.66. The van der Waals surface area contributed by atoms with Crippen molar-refractivity contribution in [3.63, 3.8) is 0 Å². The summed E-state index contributed by atoms with van der Waals surface area (Å²) in [6.45, 7) is 1.94. The second kappa shape index (κ2) is 4.53. The molecule has 0 aliphatic heterocycles. The van der Waals surface area contributed by atoms with Crippen LogP contribution in [0.15, 0.2) is 18.3 Å². The van der Waals surface area contributed by atoms with Crippen LogP contribution in [0.5, 0.6) is 5.88 Å². The molecule has 84 valence electrons. The molecule has 1 aromatic heterocycles. The molecule has 5 heteroatoms. The first-order valence-electron chi connectivity index (χ1n) is 4.60. The zero-order valence-electron chi connectivity index (χ0n) is 8.71. The fourth-order valence-corrected chi connectivity index (χ4v) is 0.947. The highest BCUT2D eigenvalue weighted by Gasteiger charge is 2.22. The maximum absolute atomic E-state index is 12.4. The highest BCUT2D eigenvalue weighted by Crippen LogP contribution is 2.16. The van der Waals surface area contributed by atoms with E-state index in [0.717, 1.165) is 12.5 Å². The van der Waals surface area contributed by atoms with E-state index in [2.05, 4.69) is 4.98 Å². The summed E-state index contributed by atoms with van der Waals surface area (Å²) in [5, 5.41) is 0. The van der Waals surface area contributed by atoms with Crippen molar-refractivity contribution in [1.82, 2.24) is 4.98 Å². The quantitative estimate of drug-likeness (QED) is 0.838. The Kier molecular flexibility index (Phi) is 3.57. The van der Waals surface area contributed by atoms with Crippen LogP contribution in [-0.4, -0.2) is 17.5 Å². The molecule has 2 N–H and O–H groups in total. The maximum atomic E-state index is 12.4. The maximum Gasteiger partial charge on any atom is 0.278 e. The van der Waals surface area contributed by atoms with Gasteiger partial charge in [-0.3, -0.25) is 0 Å². The van der Waals surface area contributed by atoms with E-state index in [1.54, 1.807) is 6.07 Å². The molecule has 15 heavy (non-hydrogen) atoms. The highest BCUT2D eigenvalue weighted by atomic mass is 19.3. The van der Waals surface area contributed by atoms with Crippen molar-refractivity contribution in [2.75, 3.05) is 6.61 Å². The van der Waals surface area contributed by atoms with Gasteiger partial charge in [0, 0.05) is 25.2 Å². The molecular weight excluding hydrogens is 202 g/mol. The fraction of sp³-hybridized carbons (Fsp3) is 0.500. The molecular formula is C10H14F2N2O. The van der Waals surface area contributed by atoms with Crippen molar-refractivity contribution in [3.05, 3.63) is 23.9 Å². The molecule has 1 heterocycles. The lowest BCUT2D eigenvalue weighted by atomic mass is 10.2. The van der Waals surface area contributed by atoms with E-state index in [4.69, 9.17) is 10.5 Å². The van der Waals surface area contributed by atoms with Gasteiger partial charge in [0.2, 0.25) is 5.88 Å². The van der Waals surface area contributed by atoms with Gasteiger partial charge in [-0.15, -0.1) is 0 Å². The molecule has 0 amide bonds. The molecule has 0 bridgehead atoms. The lowest BCUT2D eigenvalue weighted by Crippen LogP contribution is -2.21. The molecule has 0 aliphatic rings. The van der Waals surface area contributed by atoms with E-state index in [9.17, 15) is 8.78 Å². The van der Waals surface area contributed by atoms with Gasteiger partial charge in [0.05, 0.1) is 0 Å². The number of hydrogen-bond donors (Lipinski definition) is 1. The molecule has 0 aromatic carbocycles. The van der Waals surface area contributed by atoms with Gasteiger partial charge in [-0.05, 0) is 12.5 Å². The number of hydrogen-bond acceptors (Lipinski definition) is 3. The molecule has 0 saturated heterocycles. The van der Waals surface area contributed by atoms with E-state index in [-0.39, 0.29) is 11.9 Å². The third kappa shape index (κ3) is 4.20. The fourth-order valence-electron chi connectivity index (χ4n) is 0.947. The van der Waals surface area contributed by atoms with Gasteiger partial charge in [0.1, 0.15) is 0 Å². The van der Waals surface area contributed by atoms with Crippen molar-refractivity contribution in [1.29, 1.82) is 0 Å². The third-order valence-corrected chi connectivity index (χ3v) is 1.76. The summed E-state index contributed by atoms with van der Waals surface area (Å²) in [5.41, 5.74) is 6.44. The molecule has 0 fully saturated rings. The smallest absolute Gasteiger partial charge is 0.278 e. The van der Waals surface area contributed by atoms with Gasteiger partial charge < -0.3 is 10.5 Å². The summed E-state index contributed by atoms with van der Waals surface area (Å²) in [6, 6.07) is 3.12. The number of aromatic nitrogens is 1. The lowest BCUT2D eigenvalue weighted by Gasteiger charge is -2.11. The van der Waals surface area contributed by atoms with E-state index < -0.39 is 12.5 Å². The minimum absolute atomic E-state index is 0.126. The molecule has 3 nitrogen and oxygen atoms in total. The van der Waals surface area contributed by atoms with Crippen LogP contribution in [0.2, 0.25) is 0 Å². The molecule has 1 unspecified atom stereocenters. The second-order valence-corrected chi connectivity index (χ2v) is 3.58. The van der Waals surface area contributed by atoms with E-state index in [1.165, 1.54) is 12.3 Å². The van der Waals surface area contributed by atoms with Crippen molar-refractivity contribution >= 4 is 0 Å². The number of nitrogens with zero attached hydrogens (tertiary/aromatic N) is 1. The average Bonchev–Trinajstić information content (AvgIpc) is 2.14. The molecule has 0 spiro atoms. The Morgan fingerprint density at radius 2 is 2.20 bits per heavy atom. The minimum Gasteiger partial charge on any atom is -0.471 e. The SMILES string of the molecule is CC(N)c1ccc(OCC(C)(F)F)nc1. The lowest BCUT2D eigenvalue weighted by molar-refractivity contribution is -0.0242. The van der Waals surface area contributed by atoms with Crippen molar-refractivity contribution in [3.8, 4) is 5.88 Å². The predicted octanol–water partition coefficient (Wildman–Crippen LogP) is 2.14. The van der Waals surface area contributed by atoms with Crippen LogP contribution in [0.25, 0.3) is 0 Å². The van der Waals surface area contributed by atoms with Crippen LogP contribution in [0.1, 0.15) is 25.5 Å². The standard InChI is InChI=1S/C10H14F2N2O/c1-7(13)8-3-4-9(14-5-8)15-6-10(2,11)12/h3-5,7H,6,13H2,1-2H3. The monoisotopic (exact) mass is 216 g/mol. The van der Waals surface area contributed by atoms with Crippen LogP contribution < -0.4 is 10.5 Å². The number of pyridine rings is 1. The average molecular weight is 216 g/mol. The van der Waals surface area contributed by atoms with Crippen LogP contribution in [0.4, 0.5) is 8.78 Å². The largest absolute Gasteiger partial charge is 0.471 e. The Balaban J connectivity index is 2.57. The van der Waals surface area contributed by atoms with E-state index >= 15 is 0 Å². The van der Waals surface area contributed by atoms with Gasteiger partial charge in [-0.1, -0.05) is 6.07 Å². The first-order valence-corrected chi connectivity index (χ1v) is 4.60. The molecule has 0 radical (unpaired) electrons.